The molecule has 1 aliphatic carbocycles. The molecule has 9 heteroatoms. The summed E-state index contributed by atoms with van der Waals surface area (Å²) in [6.07, 6.45) is 7.84. The molecule has 0 saturated heterocycles. The summed E-state index contributed by atoms with van der Waals surface area (Å²) in [5.74, 6) is 1.22. The van der Waals surface area contributed by atoms with E-state index in [2.05, 4.69) is 27.3 Å². The maximum atomic E-state index is 14.8. The van der Waals surface area contributed by atoms with Gasteiger partial charge in [-0.3, -0.25) is 0 Å². The first kappa shape index (κ1) is 20.7. The molecule has 0 atom stereocenters. The first-order valence-electron chi connectivity index (χ1n) is 11.0. The summed E-state index contributed by atoms with van der Waals surface area (Å²) in [4.78, 5) is 8.67. The Morgan fingerprint density at radius 3 is 2.78 bits per heavy atom. The predicted molar refractivity (Wildman–Crippen MR) is 119 cm³/mol. The van der Waals surface area contributed by atoms with Gasteiger partial charge in [0.15, 0.2) is 5.82 Å². The van der Waals surface area contributed by atoms with Crippen molar-refractivity contribution >= 4 is 22.5 Å². The van der Waals surface area contributed by atoms with E-state index in [1.807, 2.05) is 18.3 Å². The highest BCUT2D eigenvalue weighted by molar-refractivity contribution is 5.90. The molecule has 1 aliphatic rings. The van der Waals surface area contributed by atoms with Crippen LogP contribution in [0.3, 0.4) is 0 Å². The molecule has 3 heterocycles. The van der Waals surface area contributed by atoms with E-state index >= 15 is 0 Å². The van der Waals surface area contributed by atoms with Crippen LogP contribution in [-0.2, 0) is 6.54 Å². The van der Waals surface area contributed by atoms with Crippen LogP contribution in [0.25, 0.3) is 27.7 Å². The number of nitrogens with zero attached hydrogens (tertiary/aromatic N) is 5. The molecule has 4 aromatic rings. The molecule has 0 amide bonds. The van der Waals surface area contributed by atoms with Crippen LogP contribution in [0.5, 0.6) is 5.88 Å². The van der Waals surface area contributed by atoms with E-state index in [-0.39, 0.29) is 12.1 Å². The lowest BCUT2D eigenvalue weighted by molar-refractivity contribution is 0.359. The van der Waals surface area contributed by atoms with Gasteiger partial charge in [-0.05, 0) is 55.4 Å². The van der Waals surface area contributed by atoms with E-state index in [4.69, 9.17) is 4.74 Å². The molecule has 1 N–H and O–H groups in total. The number of benzene rings is 1. The van der Waals surface area contributed by atoms with Gasteiger partial charge in [0, 0.05) is 17.8 Å². The highest BCUT2D eigenvalue weighted by Crippen LogP contribution is 2.34. The van der Waals surface area contributed by atoms with Gasteiger partial charge >= 0.3 is 0 Å². The van der Waals surface area contributed by atoms with Crippen molar-refractivity contribution in [3.63, 3.8) is 0 Å². The quantitative estimate of drug-likeness (QED) is 0.464. The van der Waals surface area contributed by atoms with Gasteiger partial charge in [0.05, 0.1) is 25.5 Å². The smallest absolute Gasteiger partial charge is 0.244 e. The number of aromatic nitrogens is 5. The minimum absolute atomic E-state index is 0.122. The number of nitrogens with one attached hydrogen (secondary N) is 1. The van der Waals surface area contributed by atoms with Crippen molar-refractivity contribution in [3.05, 3.63) is 36.5 Å². The summed E-state index contributed by atoms with van der Waals surface area (Å²) in [5.41, 5.74) is 2.77. The summed E-state index contributed by atoms with van der Waals surface area (Å²) in [6, 6.07) is 5.44. The van der Waals surface area contributed by atoms with Crippen LogP contribution in [0.4, 0.5) is 14.7 Å². The molecule has 3 aromatic heterocycles. The second-order valence-electron chi connectivity index (χ2n) is 8.52. The van der Waals surface area contributed by atoms with Gasteiger partial charge in [-0.25, -0.2) is 18.3 Å². The molecule has 32 heavy (non-hydrogen) atoms. The molecule has 1 fully saturated rings. The number of rotatable bonds is 6. The van der Waals surface area contributed by atoms with Crippen LogP contribution < -0.4 is 10.1 Å². The first-order valence-corrected chi connectivity index (χ1v) is 11.0. The fourth-order valence-electron chi connectivity index (χ4n) is 4.56. The van der Waals surface area contributed by atoms with Gasteiger partial charge in [0.25, 0.3) is 0 Å². The standard InChI is InChI=1S/C23H26F2N6O/c1-14-3-5-16(6-4-14)27-23-28-22(32-2)21-17(7-9-31(21)29-23)15-11-18(25)20-19(12-15)30(10-8-24)13-26-20/h7,9,11-14,16H,3-6,8,10H2,1-2H3,(H,27,29). The Labute approximate surface area is 184 Å². The molecule has 0 radical (unpaired) electrons. The minimum Gasteiger partial charge on any atom is -0.479 e. The van der Waals surface area contributed by atoms with Gasteiger partial charge in [-0.2, -0.15) is 4.98 Å². The summed E-state index contributed by atoms with van der Waals surface area (Å²) in [6.45, 7) is 1.86. The van der Waals surface area contributed by atoms with E-state index in [9.17, 15) is 8.78 Å². The summed E-state index contributed by atoms with van der Waals surface area (Å²) in [5, 5.41) is 8.06. The van der Waals surface area contributed by atoms with Crippen molar-refractivity contribution in [2.24, 2.45) is 5.92 Å². The molecule has 1 aromatic carbocycles. The summed E-state index contributed by atoms with van der Waals surface area (Å²) >= 11 is 0. The van der Waals surface area contributed by atoms with Crippen molar-refractivity contribution in [1.29, 1.82) is 0 Å². The SMILES string of the molecule is COc1nc(NC2CCC(C)CC2)nn2ccc(-c3cc(F)c4ncn(CCF)c4c3)c12. The van der Waals surface area contributed by atoms with E-state index < -0.39 is 12.5 Å². The lowest BCUT2D eigenvalue weighted by Crippen LogP contribution is -2.26. The van der Waals surface area contributed by atoms with Crippen molar-refractivity contribution in [2.75, 3.05) is 19.1 Å². The summed E-state index contributed by atoms with van der Waals surface area (Å²) < 4.78 is 36.6. The van der Waals surface area contributed by atoms with Crippen molar-refractivity contribution in [1.82, 2.24) is 24.1 Å². The molecule has 0 unspecified atom stereocenters. The van der Waals surface area contributed by atoms with Gasteiger partial charge < -0.3 is 14.6 Å². The Morgan fingerprint density at radius 1 is 1.22 bits per heavy atom. The van der Waals surface area contributed by atoms with Crippen molar-refractivity contribution in [3.8, 4) is 17.0 Å². The Bertz CT molecular complexity index is 1260. The van der Waals surface area contributed by atoms with E-state index in [1.54, 1.807) is 16.2 Å². The number of anilines is 1. The van der Waals surface area contributed by atoms with Crippen LogP contribution in [0.1, 0.15) is 32.6 Å². The number of aryl methyl sites for hydroxylation is 1. The van der Waals surface area contributed by atoms with E-state index in [1.165, 1.54) is 25.2 Å². The van der Waals surface area contributed by atoms with Gasteiger partial charge in [0.1, 0.15) is 17.7 Å². The molecule has 0 bridgehead atoms. The van der Waals surface area contributed by atoms with Crippen LogP contribution in [0.2, 0.25) is 0 Å². The molecule has 1 saturated carbocycles. The van der Waals surface area contributed by atoms with Crippen molar-refractivity contribution < 1.29 is 13.5 Å². The normalized spacial score (nSPS) is 19.0. The molecular formula is C23H26F2N6O. The average Bonchev–Trinajstić information content (AvgIpc) is 3.40. The largest absolute Gasteiger partial charge is 0.479 e. The van der Waals surface area contributed by atoms with Gasteiger partial charge in [-0.1, -0.05) is 6.92 Å². The number of fused-ring (bicyclic) bond motifs is 2. The third-order valence-electron chi connectivity index (χ3n) is 6.34. The van der Waals surface area contributed by atoms with Crippen LogP contribution in [-0.4, -0.2) is 44.0 Å². The molecule has 0 aliphatic heterocycles. The highest BCUT2D eigenvalue weighted by Gasteiger charge is 2.21. The Balaban J connectivity index is 1.55. The second kappa shape index (κ2) is 8.37. The van der Waals surface area contributed by atoms with E-state index in [0.717, 1.165) is 24.3 Å². The number of imidazole rings is 1. The third kappa shape index (κ3) is 3.65. The zero-order valence-electron chi connectivity index (χ0n) is 18.2. The fourth-order valence-corrected chi connectivity index (χ4v) is 4.56. The van der Waals surface area contributed by atoms with Crippen LogP contribution in [0.15, 0.2) is 30.7 Å². The Kier molecular flexibility index (Phi) is 5.40. The maximum absolute atomic E-state index is 14.8. The number of hydrogen-bond donors (Lipinski definition) is 1. The molecule has 0 spiro atoms. The highest BCUT2D eigenvalue weighted by atomic mass is 19.1. The molecule has 5 rings (SSSR count). The Morgan fingerprint density at radius 2 is 2.03 bits per heavy atom. The number of halogens is 2. The van der Waals surface area contributed by atoms with E-state index in [0.29, 0.717) is 34.5 Å². The maximum Gasteiger partial charge on any atom is 0.244 e. The van der Waals surface area contributed by atoms with Crippen LogP contribution >= 0.6 is 0 Å². The first-order chi connectivity index (χ1) is 15.6. The average molecular weight is 440 g/mol. The molecule has 7 nitrogen and oxygen atoms in total. The zero-order chi connectivity index (χ0) is 22.2. The lowest BCUT2D eigenvalue weighted by atomic mass is 9.87. The Hall–Kier alpha value is -3.23. The molecule has 168 valence electrons. The zero-order valence-corrected chi connectivity index (χ0v) is 18.2. The summed E-state index contributed by atoms with van der Waals surface area (Å²) in [7, 11) is 1.56. The number of methoxy groups -OCH3 is 1. The van der Waals surface area contributed by atoms with Crippen molar-refractivity contribution in [2.45, 2.75) is 45.2 Å². The second-order valence-corrected chi connectivity index (χ2v) is 8.52. The van der Waals surface area contributed by atoms with Crippen LogP contribution in [0, 0.1) is 11.7 Å². The lowest BCUT2D eigenvalue weighted by Gasteiger charge is -2.26. The molecular weight excluding hydrogens is 414 g/mol. The monoisotopic (exact) mass is 440 g/mol. The fraction of sp³-hybridized carbons (Fsp3) is 0.435. The predicted octanol–water partition coefficient (Wildman–Crippen LogP) is 4.85. The topological polar surface area (TPSA) is 69.3 Å². The van der Waals surface area contributed by atoms with Gasteiger partial charge in [0.2, 0.25) is 11.8 Å². The third-order valence-corrected chi connectivity index (χ3v) is 6.34. The number of hydrogen-bond acceptors (Lipinski definition) is 5. The minimum atomic E-state index is -0.552. The number of ether oxygens (including phenoxy) is 1. The number of alkyl halides is 1. The van der Waals surface area contributed by atoms with Gasteiger partial charge in [-0.15, -0.1) is 5.10 Å².